The monoisotopic (exact) mass is 252 g/mol. The first-order valence-corrected chi connectivity index (χ1v) is 5.60. The molecule has 0 amide bonds. The Hall–Kier alpha value is -1.82. The number of benzene rings is 1. The van der Waals surface area contributed by atoms with Crippen molar-refractivity contribution in [1.82, 2.24) is 20.3 Å². The lowest BCUT2D eigenvalue weighted by Gasteiger charge is -2.14. The molecule has 0 aliphatic rings. The van der Waals surface area contributed by atoms with Crippen molar-refractivity contribution in [2.45, 2.75) is 19.5 Å². The molecule has 96 valence electrons. The number of hydrogen-bond donors (Lipinski definition) is 1. The highest BCUT2D eigenvalue weighted by atomic mass is 19.1. The van der Waals surface area contributed by atoms with E-state index >= 15 is 0 Å². The first kappa shape index (κ1) is 12.6. The lowest BCUT2D eigenvalue weighted by Crippen LogP contribution is -2.19. The standard InChI is InChI=1S/C12H14F2N4/c1-8(11-5-9(13)3-4-12(11)14)15-6-10-7-18(2)17-16-10/h3-5,7-8,15H,6H2,1-2H3. The molecular formula is C12H14F2N4. The van der Waals surface area contributed by atoms with Gasteiger partial charge in [0.1, 0.15) is 11.6 Å². The number of rotatable bonds is 4. The summed E-state index contributed by atoms with van der Waals surface area (Å²) in [6.07, 6.45) is 1.77. The van der Waals surface area contributed by atoms with E-state index in [-0.39, 0.29) is 6.04 Å². The molecule has 6 heteroatoms. The minimum absolute atomic E-state index is 0.303. The number of nitrogens with one attached hydrogen (secondary N) is 1. The summed E-state index contributed by atoms with van der Waals surface area (Å²) >= 11 is 0. The van der Waals surface area contributed by atoms with Gasteiger partial charge in [-0.2, -0.15) is 0 Å². The minimum atomic E-state index is -0.445. The Morgan fingerprint density at radius 1 is 1.39 bits per heavy atom. The molecular weight excluding hydrogens is 238 g/mol. The Morgan fingerprint density at radius 3 is 2.83 bits per heavy atom. The zero-order valence-electron chi connectivity index (χ0n) is 10.2. The normalized spacial score (nSPS) is 12.7. The Labute approximate surface area is 104 Å². The van der Waals surface area contributed by atoms with Gasteiger partial charge < -0.3 is 5.32 Å². The van der Waals surface area contributed by atoms with Crippen LogP contribution in [-0.4, -0.2) is 15.0 Å². The van der Waals surface area contributed by atoms with Gasteiger partial charge in [-0.3, -0.25) is 4.68 Å². The van der Waals surface area contributed by atoms with Crippen LogP contribution in [0.3, 0.4) is 0 Å². The molecule has 1 atom stereocenters. The van der Waals surface area contributed by atoms with Crippen LogP contribution in [0.4, 0.5) is 8.78 Å². The molecule has 1 unspecified atom stereocenters. The molecule has 0 fully saturated rings. The van der Waals surface area contributed by atoms with Crippen LogP contribution in [0.15, 0.2) is 24.4 Å². The molecule has 1 aromatic heterocycles. The lowest BCUT2D eigenvalue weighted by atomic mass is 10.1. The fraction of sp³-hybridized carbons (Fsp3) is 0.333. The topological polar surface area (TPSA) is 42.7 Å². The second-order valence-electron chi connectivity index (χ2n) is 4.15. The first-order valence-electron chi connectivity index (χ1n) is 5.60. The van der Waals surface area contributed by atoms with Crippen molar-refractivity contribution in [3.05, 3.63) is 47.3 Å². The minimum Gasteiger partial charge on any atom is -0.304 e. The van der Waals surface area contributed by atoms with E-state index in [1.807, 2.05) is 0 Å². The van der Waals surface area contributed by atoms with Crippen molar-refractivity contribution in [1.29, 1.82) is 0 Å². The van der Waals surface area contributed by atoms with Crippen molar-refractivity contribution in [2.24, 2.45) is 7.05 Å². The molecule has 0 saturated carbocycles. The highest BCUT2D eigenvalue weighted by Gasteiger charge is 2.12. The summed E-state index contributed by atoms with van der Waals surface area (Å²) in [5, 5.41) is 10.8. The smallest absolute Gasteiger partial charge is 0.128 e. The van der Waals surface area contributed by atoms with Crippen LogP contribution in [-0.2, 0) is 13.6 Å². The molecule has 0 aliphatic carbocycles. The molecule has 1 N–H and O–H groups in total. The van der Waals surface area contributed by atoms with Crippen LogP contribution in [0.25, 0.3) is 0 Å². The van der Waals surface area contributed by atoms with E-state index in [1.54, 1.807) is 24.9 Å². The maximum Gasteiger partial charge on any atom is 0.128 e. The third-order valence-corrected chi connectivity index (χ3v) is 2.66. The van der Waals surface area contributed by atoms with Crippen LogP contribution in [0.2, 0.25) is 0 Å². The maximum atomic E-state index is 13.5. The molecule has 4 nitrogen and oxygen atoms in total. The molecule has 2 rings (SSSR count). The summed E-state index contributed by atoms with van der Waals surface area (Å²) in [5.41, 5.74) is 1.06. The van der Waals surface area contributed by atoms with Crippen LogP contribution in [0.5, 0.6) is 0 Å². The summed E-state index contributed by atoms with van der Waals surface area (Å²) in [4.78, 5) is 0. The van der Waals surface area contributed by atoms with Gasteiger partial charge in [-0.1, -0.05) is 5.21 Å². The van der Waals surface area contributed by atoms with E-state index in [9.17, 15) is 8.78 Å². The lowest BCUT2D eigenvalue weighted by molar-refractivity contribution is 0.515. The molecule has 0 spiro atoms. The van der Waals surface area contributed by atoms with Gasteiger partial charge >= 0.3 is 0 Å². The van der Waals surface area contributed by atoms with Crippen LogP contribution >= 0.6 is 0 Å². The summed E-state index contributed by atoms with van der Waals surface area (Å²) < 4.78 is 28.2. The van der Waals surface area contributed by atoms with E-state index in [0.29, 0.717) is 12.1 Å². The van der Waals surface area contributed by atoms with Crippen LogP contribution < -0.4 is 5.32 Å². The van der Waals surface area contributed by atoms with E-state index in [1.165, 1.54) is 6.07 Å². The van der Waals surface area contributed by atoms with E-state index in [2.05, 4.69) is 15.6 Å². The Balaban J connectivity index is 2.03. The van der Waals surface area contributed by atoms with E-state index in [0.717, 1.165) is 17.8 Å². The number of halogens is 2. The van der Waals surface area contributed by atoms with Gasteiger partial charge in [0.2, 0.25) is 0 Å². The zero-order chi connectivity index (χ0) is 13.1. The maximum absolute atomic E-state index is 13.5. The van der Waals surface area contributed by atoms with Gasteiger partial charge in [0.15, 0.2) is 0 Å². The SMILES string of the molecule is CC(NCc1cn(C)nn1)c1cc(F)ccc1F. The fourth-order valence-electron chi connectivity index (χ4n) is 1.69. The van der Waals surface area contributed by atoms with Gasteiger partial charge in [-0.25, -0.2) is 8.78 Å². The van der Waals surface area contributed by atoms with Gasteiger partial charge in [0, 0.05) is 31.4 Å². The average Bonchev–Trinajstić information content (AvgIpc) is 2.75. The van der Waals surface area contributed by atoms with E-state index in [4.69, 9.17) is 0 Å². The fourth-order valence-corrected chi connectivity index (χ4v) is 1.69. The number of hydrogen-bond acceptors (Lipinski definition) is 3. The molecule has 1 heterocycles. The van der Waals surface area contributed by atoms with E-state index < -0.39 is 11.6 Å². The summed E-state index contributed by atoms with van der Waals surface area (Å²) in [5.74, 6) is -0.866. The molecule has 2 aromatic rings. The van der Waals surface area contributed by atoms with Crippen molar-refractivity contribution in [3.8, 4) is 0 Å². The number of aromatic nitrogens is 3. The summed E-state index contributed by atoms with van der Waals surface area (Å²) in [6.45, 7) is 2.22. The zero-order valence-corrected chi connectivity index (χ0v) is 10.2. The van der Waals surface area contributed by atoms with Crippen molar-refractivity contribution in [2.75, 3.05) is 0 Å². The Kier molecular flexibility index (Phi) is 3.66. The van der Waals surface area contributed by atoms with Crippen molar-refractivity contribution in [3.63, 3.8) is 0 Å². The molecule has 0 aliphatic heterocycles. The number of aryl methyl sites for hydroxylation is 1. The van der Waals surface area contributed by atoms with Gasteiger partial charge in [-0.05, 0) is 25.1 Å². The Bertz CT molecular complexity index is 539. The predicted molar refractivity (Wildman–Crippen MR) is 62.6 cm³/mol. The molecule has 1 aromatic carbocycles. The first-order chi connectivity index (χ1) is 8.56. The second kappa shape index (κ2) is 5.22. The molecule has 0 saturated heterocycles. The third-order valence-electron chi connectivity index (χ3n) is 2.66. The van der Waals surface area contributed by atoms with Crippen molar-refractivity contribution >= 4 is 0 Å². The van der Waals surface area contributed by atoms with Gasteiger partial charge in [-0.15, -0.1) is 5.10 Å². The quantitative estimate of drug-likeness (QED) is 0.904. The van der Waals surface area contributed by atoms with Crippen molar-refractivity contribution < 1.29 is 8.78 Å². The molecule has 0 bridgehead atoms. The second-order valence-corrected chi connectivity index (χ2v) is 4.15. The highest BCUT2D eigenvalue weighted by Crippen LogP contribution is 2.18. The van der Waals surface area contributed by atoms with Gasteiger partial charge in [0.25, 0.3) is 0 Å². The average molecular weight is 252 g/mol. The summed E-state index contributed by atoms with van der Waals surface area (Å²) in [6, 6.07) is 3.13. The summed E-state index contributed by atoms with van der Waals surface area (Å²) in [7, 11) is 1.77. The third kappa shape index (κ3) is 2.89. The Morgan fingerprint density at radius 2 is 2.17 bits per heavy atom. The molecule has 18 heavy (non-hydrogen) atoms. The predicted octanol–water partition coefficient (Wildman–Crippen LogP) is 1.94. The molecule has 0 radical (unpaired) electrons. The van der Waals surface area contributed by atoms with Crippen LogP contribution in [0.1, 0.15) is 24.2 Å². The number of nitrogens with zero attached hydrogens (tertiary/aromatic N) is 3. The highest BCUT2D eigenvalue weighted by molar-refractivity contribution is 5.21. The van der Waals surface area contributed by atoms with Gasteiger partial charge in [0.05, 0.1) is 5.69 Å². The van der Waals surface area contributed by atoms with Crippen LogP contribution in [0, 0.1) is 11.6 Å². The largest absolute Gasteiger partial charge is 0.304 e.